The van der Waals surface area contributed by atoms with Crippen molar-refractivity contribution in [2.75, 3.05) is 13.7 Å². The van der Waals surface area contributed by atoms with Crippen molar-refractivity contribution in [2.45, 2.75) is 18.4 Å². The zero-order valence-electron chi connectivity index (χ0n) is 12.3. The fourth-order valence-electron chi connectivity index (χ4n) is 3.91. The van der Waals surface area contributed by atoms with Crippen LogP contribution in [0.5, 0.6) is 5.75 Å². The molecule has 2 aliphatic heterocycles. The summed E-state index contributed by atoms with van der Waals surface area (Å²) in [6.07, 6.45) is 1.94. The van der Waals surface area contributed by atoms with Gasteiger partial charge in [0.25, 0.3) is 5.91 Å². The van der Waals surface area contributed by atoms with E-state index in [1.165, 1.54) is 0 Å². The summed E-state index contributed by atoms with van der Waals surface area (Å²) in [7, 11) is 1.66. The second kappa shape index (κ2) is 4.75. The van der Waals surface area contributed by atoms with E-state index in [0.29, 0.717) is 5.02 Å². The first kappa shape index (κ1) is 13.6. The first-order valence-electron chi connectivity index (χ1n) is 7.43. The Hall–Kier alpha value is -2.00. The van der Waals surface area contributed by atoms with Gasteiger partial charge in [0.15, 0.2) is 0 Å². The summed E-state index contributed by atoms with van der Waals surface area (Å²) in [4.78, 5) is 14.8. The zero-order chi connectivity index (χ0) is 15.3. The Balaban J connectivity index is 1.97. The molecule has 1 saturated heterocycles. The lowest BCUT2D eigenvalue weighted by Gasteiger charge is -2.34. The number of fused-ring (bicyclic) bond motifs is 3. The van der Waals surface area contributed by atoms with E-state index >= 15 is 0 Å². The van der Waals surface area contributed by atoms with Crippen LogP contribution in [0, 0.1) is 0 Å². The quantitative estimate of drug-likeness (QED) is 0.843. The maximum absolute atomic E-state index is 12.8. The number of nitrogens with zero attached hydrogens (tertiary/aromatic N) is 1. The van der Waals surface area contributed by atoms with Gasteiger partial charge in [0.2, 0.25) is 0 Å². The minimum atomic E-state index is -0.369. The van der Waals surface area contributed by atoms with Crippen LogP contribution in [0.1, 0.15) is 34.3 Å². The SMILES string of the molecule is COc1cccc(C23CCCN2C(=O)c2cc(Cl)ccc23)c1. The van der Waals surface area contributed by atoms with Gasteiger partial charge >= 0.3 is 0 Å². The molecule has 4 rings (SSSR count). The van der Waals surface area contributed by atoms with E-state index in [0.717, 1.165) is 41.8 Å². The number of hydrogen-bond acceptors (Lipinski definition) is 2. The maximum Gasteiger partial charge on any atom is 0.255 e. The Bertz CT molecular complexity index is 773. The molecule has 0 N–H and O–H groups in total. The summed E-state index contributed by atoms with van der Waals surface area (Å²) in [5, 5.41) is 0.606. The number of carbonyl (C=O) groups is 1. The normalized spacial score (nSPS) is 22.6. The minimum Gasteiger partial charge on any atom is -0.497 e. The van der Waals surface area contributed by atoms with Gasteiger partial charge in [-0.1, -0.05) is 29.8 Å². The third-order valence-corrected chi connectivity index (χ3v) is 5.07. The van der Waals surface area contributed by atoms with Gasteiger partial charge in [0, 0.05) is 17.1 Å². The van der Waals surface area contributed by atoms with Gasteiger partial charge in [-0.2, -0.15) is 0 Å². The van der Waals surface area contributed by atoms with Gasteiger partial charge in [0.1, 0.15) is 5.75 Å². The van der Waals surface area contributed by atoms with Crippen LogP contribution in [0.25, 0.3) is 0 Å². The molecule has 1 unspecified atom stereocenters. The highest BCUT2D eigenvalue weighted by Crippen LogP contribution is 2.51. The molecule has 2 aliphatic rings. The lowest BCUT2D eigenvalue weighted by atomic mass is 9.81. The molecule has 22 heavy (non-hydrogen) atoms. The van der Waals surface area contributed by atoms with Crippen molar-refractivity contribution in [3.05, 3.63) is 64.2 Å². The first-order chi connectivity index (χ1) is 10.7. The number of benzene rings is 2. The molecule has 1 fully saturated rings. The summed E-state index contributed by atoms with van der Waals surface area (Å²) >= 11 is 6.09. The Kier molecular flexibility index (Phi) is 2.95. The van der Waals surface area contributed by atoms with E-state index in [1.807, 2.05) is 35.2 Å². The van der Waals surface area contributed by atoms with Crippen LogP contribution in [-0.4, -0.2) is 24.5 Å². The largest absolute Gasteiger partial charge is 0.497 e. The van der Waals surface area contributed by atoms with Gasteiger partial charge < -0.3 is 9.64 Å². The van der Waals surface area contributed by atoms with E-state index in [9.17, 15) is 4.79 Å². The molecular weight excluding hydrogens is 298 g/mol. The van der Waals surface area contributed by atoms with Crippen LogP contribution >= 0.6 is 11.6 Å². The van der Waals surface area contributed by atoms with Gasteiger partial charge in [-0.3, -0.25) is 4.79 Å². The van der Waals surface area contributed by atoms with Gasteiger partial charge in [-0.15, -0.1) is 0 Å². The summed E-state index contributed by atoms with van der Waals surface area (Å²) in [5.41, 5.74) is 2.53. The van der Waals surface area contributed by atoms with Crippen LogP contribution in [0.2, 0.25) is 5.02 Å². The summed E-state index contributed by atoms with van der Waals surface area (Å²) in [5.74, 6) is 0.895. The number of methoxy groups -OCH3 is 1. The van der Waals surface area contributed by atoms with E-state index in [-0.39, 0.29) is 11.4 Å². The smallest absolute Gasteiger partial charge is 0.255 e. The molecule has 1 amide bonds. The maximum atomic E-state index is 12.8. The highest BCUT2D eigenvalue weighted by atomic mass is 35.5. The van der Waals surface area contributed by atoms with Gasteiger partial charge in [0.05, 0.1) is 12.6 Å². The molecule has 0 aromatic heterocycles. The van der Waals surface area contributed by atoms with E-state index in [1.54, 1.807) is 13.2 Å². The number of carbonyl (C=O) groups excluding carboxylic acids is 1. The van der Waals surface area contributed by atoms with Crippen LogP contribution in [0.3, 0.4) is 0 Å². The van der Waals surface area contributed by atoms with E-state index in [2.05, 4.69) is 6.07 Å². The molecule has 0 bridgehead atoms. The molecule has 4 heteroatoms. The molecule has 3 nitrogen and oxygen atoms in total. The summed E-state index contributed by atoms with van der Waals surface area (Å²) < 4.78 is 5.37. The molecule has 0 saturated carbocycles. The molecule has 0 spiro atoms. The molecule has 1 atom stereocenters. The Morgan fingerprint density at radius 2 is 2.09 bits per heavy atom. The van der Waals surface area contributed by atoms with Crippen LogP contribution in [-0.2, 0) is 5.54 Å². The summed E-state index contributed by atoms with van der Waals surface area (Å²) in [6, 6.07) is 13.7. The van der Waals surface area contributed by atoms with E-state index in [4.69, 9.17) is 16.3 Å². The standard InChI is InChI=1S/C18H16ClNO2/c1-22-14-5-2-4-12(10-14)18-8-3-9-20(18)17(21)15-11-13(19)6-7-16(15)18/h2,4-7,10-11H,3,8-9H2,1H3. The second-order valence-corrected chi connectivity index (χ2v) is 6.28. The van der Waals surface area contributed by atoms with Crippen LogP contribution < -0.4 is 4.74 Å². The molecule has 0 radical (unpaired) electrons. The molecule has 112 valence electrons. The minimum absolute atomic E-state index is 0.0813. The van der Waals surface area contributed by atoms with Crippen molar-refractivity contribution in [1.82, 2.24) is 4.90 Å². The van der Waals surface area contributed by atoms with Crippen LogP contribution in [0.4, 0.5) is 0 Å². The topological polar surface area (TPSA) is 29.5 Å². The monoisotopic (exact) mass is 313 g/mol. The lowest BCUT2D eigenvalue weighted by Crippen LogP contribution is -2.39. The van der Waals surface area contributed by atoms with Crippen molar-refractivity contribution in [1.29, 1.82) is 0 Å². The third kappa shape index (κ3) is 1.66. The zero-order valence-corrected chi connectivity index (χ0v) is 13.1. The average Bonchev–Trinajstić information content (AvgIpc) is 3.07. The van der Waals surface area contributed by atoms with Crippen molar-refractivity contribution in [3.8, 4) is 5.75 Å². The second-order valence-electron chi connectivity index (χ2n) is 5.84. The lowest BCUT2D eigenvalue weighted by molar-refractivity contribution is 0.0711. The molecule has 2 heterocycles. The summed E-state index contributed by atoms with van der Waals surface area (Å²) in [6.45, 7) is 0.780. The predicted octanol–water partition coefficient (Wildman–Crippen LogP) is 3.84. The molecular formula is C18H16ClNO2. The number of amides is 1. The number of rotatable bonds is 2. The van der Waals surface area contributed by atoms with Crippen molar-refractivity contribution >= 4 is 17.5 Å². The van der Waals surface area contributed by atoms with Crippen molar-refractivity contribution in [3.63, 3.8) is 0 Å². The highest BCUT2D eigenvalue weighted by Gasteiger charge is 2.53. The number of ether oxygens (including phenoxy) is 1. The fourth-order valence-corrected chi connectivity index (χ4v) is 4.08. The van der Waals surface area contributed by atoms with E-state index < -0.39 is 0 Å². The van der Waals surface area contributed by atoms with Gasteiger partial charge in [-0.25, -0.2) is 0 Å². The third-order valence-electron chi connectivity index (χ3n) is 4.83. The molecule has 0 aliphatic carbocycles. The van der Waals surface area contributed by atoms with Gasteiger partial charge in [-0.05, 0) is 48.2 Å². The molecule has 2 aromatic rings. The van der Waals surface area contributed by atoms with Crippen molar-refractivity contribution < 1.29 is 9.53 Å². The Labute approximate surface area is 134 Å². The number of hydrogen-bond donors (Lipinski definition) is 0. The average molecular weight is 314 g/mol. The fraction of sp³-hybridized carbons (Fsp3) is 0.278. The highest BCUT2D eigenvalue weighted by molar-refractivity contribution is 6.31. The number of halogens is 1. The van der Waals surface area contributed by atoms with Crippen LogP contribution in [0.15, 0.2) is 42.5 Å². The Morgan fingerprint density at radius 3 is 2.91 bits per heavy atom. The molecule has 2 aromatic carbocycles. The first-order valence-corrected chi connectivity index (χ1v) is 7.81. The Morgan fingerprint density at radius 1 is 1.23 bits per heavy atom. The van der Waals surface area contributed by atoms with Crippen molar-refractivity contribution in [2.24, 2.45) is 0 Å². The predicted molar refractivity (Wildman–Crippen MR) is 85.5 cm³/mol.